The SMILES string of the molecule is CCC(N)C(N1CCN(C(=O)OC(C)(C)C)CC1)C(C)(C)C. The lowest BCUT2D eigenvalue weighted by Gasteiger charge is -2.47. The van der Waals surface area contributed by atoms with Crippen LogP contribution in [-0.4, -0.2) is 59.8 Å². The van der Waals surface area contributed by atoms with Crippen molar-refractivity contribution in [1.29, 1.82) is 0 Å². The van der Waals surface area contributed by atoms with Gasteiger partial charge in [0, 0.05) is 38.3 Å². The molecule has 0 saturated carbocycles. The van der Waals surface area contributed by atoms with Crippen LogP contribution in [0.15, 0.2) is 0 Å². The lowest BCUT2D eigenvalue weighted by molar-refractivity contribution is -0.00233. The first-order valence-corrected chi connectivity index (χ1v) is 8.43. The largest absolute Gasteiger partial charge is 0.444 e. The van der Waals surface area contributed by atoms with Crippen molar-refractivity contribution >= 4 is 6.09 Å². The fourth-order valence-corrected chi connectivity index (χ4v) is 3.19. The number of ether oxygens (including phenoxy) is 1. The van der Waals surface area contributed by atoms with Crippen LogP contribution in [-0.2, 0) is 4.74 Å². The van der Waals surface area contributed by atoms with Crippen molar-refractivity contribution in [1.82, 2.24) is 9.80 Å². The fourth-order valence-electron chi connectivity index (χ4n) is 3.19. The minimum atomic E-state index is -0.438. The molecule has 1 saturated heterocycles. The second-order valence-electron chi connectivity index (χ2n) is 8.39. The van der Waals surface area contributed by atoms with Crippen LogP contribution in [0.2, 0.25) is 0 Å². The van der Waals surface area contributed by atoms with E-state index in [9.17, 15) is 4.79 Å². The first kappa shape index (κ1) is 19.2. The van der Waals surface area contributed by atoms with Gasteiger partial charge < -0.3 is 15.4 Å². The predicted octanol–water partition coefficient (Wildman–Crippen LogP) is 2.69. The topological polar surface area (TPSA) is 58.8 Å². The van der Waals surface area contributed by atoms with Crippen molar-refractivity contribution < 1.29 is 9.53 Å². The Bertz CT molecular complexity index is 363. The van der Waals surface area contributed by atoms with Crippen LogP contribution in [0.3, 0.4) is 0 Å². The molecule has 2 atom stereocenters. The van der Waals surface area contributed by atoms with Crippen LogP contribution in [0, 0.1) is 5.41 Å². The molecule has 1 aliphatic rings. The lowest BCUT2D eigenvalue weighted by atomic mass is 9.80. The Morgan fingerprint density at radius 1 is 1.09 bits per heavy atom. The monoisotopic (exact) mass is 313 g/mol. The number of hydrogen-bond acceptors (Lipinski definition) is 4. The second kappa shape index (κ2) is 7.18. The maximum atomic E-state index is 12.1. The highest BCUT2D eigenvalue weighted by Crippen LogP contribution is 2.28. The van der Waals surface area contributed by atoms with Gasteiger partial charge in [-0.3, -0.25) is 4.90 Å². The van der Waals surface area contributed by atoms with Crippen molar-refractivity contribution in [2.75, 3.05) is 26.2 Å². The molecule has 1 heterocycles. The molecule has 0 spiro atoms. The molecule has 22 heavy (non-hydrogen) atoms. The second-order valence-corrected chi connectivity index (χ2v) is 8.39. The van der Waals surface area contributed by atoms with Crippen LogP contribution in [0.1, 0.15) is 54.9 Å². The highest BCUT2D eigenvalue weighted by atomic mass is 16.6. The molecular formula is C17H35N3O2. The molecule has 0 aromatic carbocycles. The molecular weight excluding hydrogens is 278 g/mol. The zero-order chi connectivity index (χ0) is 17.1. The van der Waals surface area contributed by atoms with Gasteiger partial charge in [-0.15, -0.1) is 0 Å². The van der Waals surface area contributed by atoms with Gasteiger partial charge in [-0.1, -0.05) is 27.7 Å². The Hall–Kier alpha value is -0.810. The third kappa shape index (κ3) is 5.43. The first-order chi connectivity index (χ1) is 9.95. The van der Waals surface area contributed by atoms with Crippen LogP contribution in [0.4, 0.5) is 4.79 Å². The molecule has 0 aromatic heterocycles. The Morgan fingerprint density at radius 3 is 1.95 bits per heavy atom. The van der Waals surface area contributed by atoms with E-state index in [1.807, 2.05) is 20.8 Å². The van der Waals surface area contributed by atoms with E-state index < -0.39 is 5.60 Å². The molecule has 2 N–H and O–H groups in total. The van der Waals surface area contributed by atoms with Gasteiger partial charge in [0.1, 0.15) is 5.60 Å². The van der Waals surface area contributed by atoms with E-state index in [1.54, 1.807) is 4.90 Å². The average Bonchev–Trinajstić information content (AvgIpc) is 2.35. The summed E-state index contributed by atoms with van der Waals surface area (Å²) in [6, 6.07) is 0.492. The molecule has 0 bridgehead atoms. The highest BCUT2D eigenvalue weighted by Gasteiger charge is 2.37. The number of nitrogens with zero attached hydrogens (tertiary/aromatic N) is 2. The number of amides is 1. The average molecular weight is 313 g/mol. The molecule has 1 aliphatic heterocycles. The fraction of sp³-hybridized carbons (Fsp3) is 0.941. The molecule has 1 fully saturated rings. The van der Waals surface area contributed by atoms with Crippen LogP contribution < -0.4 is 5.73 Å². The van der Waals surface area contributed by atoms with Crippen LogP contribution in [0.5, 0.6) is 0 Å². The zero-order valence-corrected chi connectivity index (χ0v) is 15.5. The van der Waals surface area contributed by atoms with Crippen LogP contribution >= 0.6 is 0 Å². The van der Waals surface area contributed by atoms with Gasteiger partial charge in [-0.2, -0.15) is 0 Å². The van der Waals surface area contributed by atoms with Gasteiger partial charge in [-0.05, 0) is 32.6 Å². The Balaban J connectivity index is 2.65. The van der Waals surface area contributed by atoms with E-state index in [0.29, 0.717) is 19.1 Å². The lowest BCUT2D eigenvalue weighted by Crippen LogP contribution is -2.60. The smallest absolute Gasteiger partial charge is 0.410 e. The summed E-state index contributed by atoms with van der Waals surface area (Å²) in [4.78, 5) is 16.4. The normalized spacial score (nSPS) is 20.6. The molecule has 5 heteroatoms. The molecule has 1 rings (SSSR count). The number of hydrogen-bond donors (Lipinski definition) is 1. The maximum Gasteiger partial charge on any atom is 0.410 e. The van der Waals surface area contributed by atoms with E-state index in [0.717, 1.165) is 19.5 Å². The number of rotatable bonds is 3. The van der Waals surface area contributed by atoms with Crippen molar-refractivity contribution in [3.63, 3.8) is 0 Å². The standard InChI is InChI=1S/C17H35N3O2/c1-8-13(18)14(16(2,3)4)19-9-11-20(12-10-19)15(21)22-17(5,6)7/h13-14H,8-12,18H2,1-7H3. The molecule has 5 nitrogen and oxygen atoms in total. The molecule has 0 radical (unpaired) electrons. The summed E-state index contributed by atoms with van der Waals surface area (Å²) >= 11 is 0. The zero-order valence-electron chi connectivity index (χ0n) is 15.5. The molecule has 0 aliphatic carbocycles. The number of nitrogens with two attached hydrogens (primary N) is 1. The summed E-state index contributed by atoms with van der Waals surface area (Å²) in [5, 5.41) is 0. The van der Waals surface area contributed by atoms with Crippen molar-refractivity contribution in [2.45, 2.75) is 72.6 Å². The quantitative estimate of drug-likeness (QED) is 0.870. The molecule has 2 unspecified atom stereocenters. The summed E-state index contributed by atoms with van der Waals surface area (Å²) in [6.07, 6.45) is 0.757. The van der Waals surface area contributed by atoms with E-state index in [4.69, 9.17) is 10.5 Å². The van der Waals surface area contributed by atoms with Crippen molar-refractivity contribution in [3.8, 4) is 0 Å². The summed E-state index contributed by atoms with van der Waals surface area (Å²) < 4.78 is 5.45. The van der Waals surface area contributed by atoms with E-state index in [-0.39, 0.29) is 17.6 Å². The van der Waals surface area contributed by atoms with E-state index in [2.05, 4.69) is 32.6 Å². The highest BCUT2D eigenvalue weighted by molar-refractivity contribution is 5.68. The molecule has 0 aromatic rings. The van der Waals surface area contributed by atoms with Gasteiger partial charge in [-0.25, -0.2) is 4.79 Å². The summed E-state index contributed by atoms with van der Waals surface area (Å²) in [5.41, 5.74) is 6.06. The molecule has 1 amide bonds. The third-order valence-electron chi connectivity index (χ3n) is 4.12. The summed E-state index contributed by atoms with van der Waals surface area (Å²) in [6.45, 7) is 17.7. The van der Waals surface area contributed by atoms with Gasteiger partial charge >= 0.3 is 6.09 Å². The number of piperazine rings is 1. The van der Waals surface area contributed by atoms with Crippen molar-refractivity contribution in [3.05, 3.63) is 0 Å². The minimum absolute atomic E-state index is 0.128. The predicted molar refractivity (Wildman–Crippen MR) is 90.9 cm³/mol. The molecule has 130 valence electrons. The van der Waals surface area contributed by atoms with Gasteiger partial charge in [0.25, 0.3) is 0 Å². The minimum Gasteiger partial charge on any atom is -0.444 e. The number of carbonyl (C=O) groups excluding carboxylic acids is 1. The van der Waals surface area contributed by atoms with Gasteiger partial charge in [0.15, 0.2) is 0 Å². The Labute approximate surface area is 136 Å². The third-order valence-corrected chi connectivity index (χ3v) is 4.12. The van der Waals surface area contributed by atoms with Crippen molar-refractivity contribution in [2.24, 2.45) is 11.1 Å². The maximum absolute atomic E-state index is 12.1. The van der Waals surface area contributed by atoms with E-state index in [1.165, 1.54) is 0 Å². The Kier molecular flexibility index (Phi) is 6.27. The van der Waals surface area contributed by atoms with Gasteiger partial charge in [0.2, 0.25) is 0 Å². The van der Waals surface area contributed by atoms with Gasteiger partial charge in [0.05, 0.1) is 0 Å². The van der Waals surface area contributed by atoms with E-state index >= 15 is 0 Å². The summed E-state index contributed by atoms with van der Waals surface area (Å²) in [7, 11) is 0. The first-order valence-electron chi connectivity index (χ1n) is 8.43. The number of carbonyl (C=O) groups is 1. The van der Waals surface area contributed by atoms with Crippen LogP contribution in [0.25, 0.3) is 0 Å². The summed E-state index contributed by atoms with van der Waals surface area (Å²) in [5.74, 6) is 0. The Morgan fingerprint density at radius 2 is 1.59 bits per heavy atom.